The van der Waals surface area contributed by atoms with E-state index in [2.05, 4.69) is 48.2 Å². The molecular formula is C16H27N3O. The largest absolute Gasteiger partial charge is 0.379 e. The molecule has 0 unspecified atom stereocenters. The van der Waals surface area contributed by atoms with Gasteiger partial charge in [0.05, 0.1) is 6.61 Å². The Morgan fingerprint density at radius 1 is 1.40 bits per heavy atom. The normalized spacial score (nSPS) is 14.6. The highest BCUT2D eigenvalue weighted by molar-refractivity contribution is 5.41. The van der Waals surface area contributed by atoms with Gasteiger partial charge in [0, 0.05) is 32.4 Å². The molecule has 4 nitrogen and oxygen atoms in total. The lowest BCUT2D eigenvalue weighted by Gasteiger charge is -2.19. The van der Waals surface area contributed by atoms with E-state index in [1.54, 1.807) is 0 Å². The van der Waals surface area contributed by atoms with Crippen LogP contribution in [0.2, 0.25) is 0 Å². The number of likely N-dealkylation sites (N-methyl/N-ethyl adjacent to an activating group) is 1. The van der Waals surface area contributed by atoms with E-state index in [0.29, 0.717) is 0 Å². The molecule has 4 heteroatoms. The van der Waals surface area contributed by atoms with Gasteiger partial charge in [-0.15, -0.1) is 0 Å². The first kappa shape index (κ1) is 15.3. The minimum atomic E-state index is 0.783. The highest BCUT2D eigenvalue weighted by Gasteiger charge is 2.21. The number of aromatic nitrogens is 1. The maximum Gasteiger partial charge on any atom is 0.128 e. The highest BCUT2D eigenvalue weighted by atomic mass is 16.5. The molecule has 1 N–H and O–H groups in total. The molecule has 1 aliphatic carbocycles. The summed E-state index contributed by atoms with van der Waals surface area (Å²) in [6, 6.07) is 4.31. The van der Waals surface area contributed by atoms with Crippen molar-refractivity contribution in [3.63, 3.8) is 0 Å². The Balaban J connectivity index is 1.83. The monoisotopic (exact) mass is 277 g/mol. The standard InChI is InChI=1S/C16H27N3O/c1-4-17-11-15-9-13(2)18-16(10-15)19(3)7-8-20-12-14-5-6-14/h9-10,14,17H,4-8,11-12H2,1-3H3. The first-order valence-corrected chi connectivity index (χ1v) is 7.66. The van der Waals surface area contributed by atoms with Gasteiger partial charge in [-0.2, -0.15) is 0 Å². The molecule has 0 bridgehead atoms. The maximum absolute atomic E-state index is 5.69. The molecule has 1 aliphatic rings. The molecule has 1 saturated carbocycles. The first-order valence-electron chi connectivity index (χ1n) is 7.66. The van der Waals surface area contributed by atoms with Gasteiger partial charge >= 0.3 is 0 Å². The Hall–Kier alpha value is -1.13. The number of hydrogen-bond donors (Lipinski definition) is 1. The van der Waals surface area contributed by atoms with Crippen molar-refractivity contribution in [2.75, 3.05) is 38.3 Å². The Morgan fingerprint density at radius 2 is 2.20 bits per heavy atom. The molecule has 112 valence electrons. The van der Waals surface area contributed by atoms with Crippen LogP contribution in [0.4, 0.5) is 5.82 Å². The third kappa shape index (κ3) is 5.10. The molecule has 1 aromatic heterocycles. The number of aryl methyl sites for hydroxylation is 1. The zero-order chi connectivity index (χ0) is 14.4. The highest BCUT2D eigenvalue weighted by Crippen LogP contribution is 2.28. The van der Waals surface area contributed by atoms with Crippen LogP contribution in [0.5, 0.6) is 0 Å². The van der Waals surface area contributed by atoms with Crippen LogP contribution in [0.1, 0.15) is 31.0 Å². The summed E-state index contributed by atoms with van der Waals surface area (Å²) in [5.74, 6) is 1.87. The topological polar surface area (TPSA) is 37.4 Å². The Bertz CT molecular complexity index is 418. The summed E-state index contributed by atoms with van der Waals surface area (Å²) in [4.78, 5) is 6.79. The van der Waals surface area contributed by atoms with Crippen molar-refractivity contribution in [3.05, 3.63) is 23.4 Å². The van der Waals surface area contributed by atoms with Crippen LogP contribution in [-0.4, -0.2) is 38.3 Å². The Labute approximate surface area is 122 Å². The van der Waals surface area contributed by atoms with E-state index >= 15 is 0 Å². The molecule has 1 heterocycles. The van der Waals surface area contributed by atoms with Crippen molar-refractivity contribution in [1.82, 2.24) is 10.3 Å². The van der Waals surface area contributed by atoms with E-state index < -0.39 is 0 Å². The summed E-state index contributed by atoms with van der Waals surface area (Å²) in [6.45, 7) is 8.67. The minimum absolute atomic E-state index is 0.783. The summed E-state index contributed by atoms with van der Waals surface area (Å²) < 4.78 is 5.69. The zero-order valence-corrected chi connectivity index (χ0v) is 13.0. The van der Waals surface area contributed by atoms with Crippen LogP contribution in [0.15, 0.2) is 12.1 Å². The summed E-state index contributed by atoms with van der Waals surface area (Å²) in [6.07, 6.45) is 2.70. The number of nitrogens with zero attached hydrogens (tertiary/aromatic N) is 2. The summed E-state index contributed by atoms with van der Waals surface area (Å²) in [7, 11) is 2.08. The Morgan fingerprint density at radius 3 is 2.90 bits per heavy atom. The molecule has 0 amide bonds. The summed E-state index contributed by atoms with van der Waals surface area (Å²) in [5.41, 5.74) is 2.36. The summed E-state index contributed by atoms with van der Waals surface area (Å²) >= 11 is 0. The fourth-order valence-corrected chi connectivity index (χ4v) is 2.14. The lowest BCUT2D eigenvalue weighted by Crippen LogP contribution is -2.24. The molecule has 1 aromatic rings. The van der Waals surface area contributed by atoms with E-state index in [9.17, 15) is 0 Å². The van der Waals surface area contributed by atoms with Gasteiger partial charge in [-0.1, -0.05) is 6.92 Å². The smallest absolute Gasteiger partial charge is 0.128 e. The van der Waals surface area contributed by atoms with Gasteiger partial charge in [0.15, 0.2) is 0 Å². The van der Waals surface area contributed by atoms with E-state index in [1.807, 2.05) is 0 Å². The van der Waals surface area contributed by atoms with Crippen molar-refractivity contribution in [3.8, 4) is 0 Å². The SMILES string of the molecule is CCNCc1cc(C)nc(N(C)CCOCC2CC2)c1. The fourth-order valence-electron chi connectivity index (χ4n) is 2.14. The van der Waals surface area contributed by atoms with Crippen molar-refractivity contribution in [2.45, 2.75) is 33.2 Å². The molecule has 0 atom stereocenters. The number of pyridine rings is 1. The van der Waals surface area contributed by atoms with E-state index in [0.717, 1.165) is 50.3 Å². The van der Waals surface area contributed by atoms with Crippen molar-refractivity contribution in [1.29, 1.82) is 0 Å². The van der Waals surface area contributed by atoms with Gasteiger partial charge in [-0.05, 0) is 49.9 Å². The van der Waals surface area contributed by atoms with Crippen LogP contribution in [0, 0.1) is 12.8 Å². The second-order valence-corrected chi connectivity index (χ2v) is 5.70. The van der Waals surface area contributed by atoms with Gasteiger partial charge < -0.3 is 15.0 Å². The minimum Gasteiger partial charge on any atom is -0.379 e. The third-order valence-electron chi connectivity index (χ3n) is 3.59. The van der Waals surface area contributed by atoms with Gasteiger partial charge in [-0.25, -0.2) is 4.98 Å². The molecule has 0 aliphatic heterocycles. The second-order valence-electron chi connectivity index (χ2n) is 5.70. The molecule has 2 rings (SSSR count). The molecule has 0 spiro atoms. The molecular weight excluding hydrogens is 250 g/mol. The van der Waals surface area contributed by atoms with Crippen molar-refractivity contribution < 1.29 is 4.74 Å². The third-order valence-corrected chi connectivity index (χ3v) is 3.59. The van der Waals surface area contributed by atoms with E-state index in [1.165, 1.54) is 18.4 Å². The van der Waals surface area contributed by atoms with Crippen LogP contribution in [0.3, 0.4) is 0 Å². The second kappa shape index (κ2) is 7.60. The zero-order valence-electron chi connectivity index (χ0n) is 13.0. The Kier molecular flexibility index (Phi) is 5.80. The number of nitrogens with one attached hydrogen (secondary N) is 1. The van der Waals surface area contributed by atoms with Gasteiger partial charge in [-0.3, -0.25) is 0 Å². The number of ether oxygens (including phenoxy) is 1. The van der Waals surface area contributed by atoms with Crippen LogP contribution in [0.25, 0.3) is 0 Å². The van der Waals surface area contributed by atoms with Crippen LogP contribution in [-0.2, 0) is 11.3 Å². The van der Waals surface area contributed by atoms with Gasteiger partial charge in [0.2, 0.25) is 0 Å². The first-order chi connectivity index (χ1) is 9.69. The van der Waals surface area contributed by atoms with E-state index in [4.69, 9.17) is 4.74 Å². The molecule has 0 saturated heterocycles. The molecule has 0 aromatic carbocycles. The number of hydrogen-bond acceptors (Lipinski definition) is 4. The molecule has 20 heavy (non-hydrogen) atoms. The quantitative estimate of drug-likeness (QED) is 0.703. The number of rotatable bonds is 9. The van der Waals surface area contributed by atoms with Crippen molar-refractivity contribution in [2.24, 2.45) is 5.92 Å². The van der Waals surface area contributed by atoms with Gasteiger partial charge in [0.1, 0.15) is 5.82 Å². The van der Waals surface area contributed by atoms with Crippen LogP contribution < -0.4 is 10.2 Å². The maximum atomic E-state index is 5.69. The fraction of sp³-hybridized carbons (Fsp3) is 0.688. The average Bonchev–Trinajstić information content (AvgIpc) is 3.24. The number of anilines is 1. The predicted molar refractivity (Wildman–Crippen MR) is 83.2 cm³/mol. The average molecular weight is 277 g/mol. The van der Waals surface area contributed by atoms with E-state index in [-0.39, 0.29) is 0 Å². The molecule has 1 fully saturated rings. The lowest BCUT2D eigenvalue weighted by atomic mass is 10.2. The lowest BCUT2D eigenvalue weighted by molar-refractivity contribution is 0.131. The summed E-state index contributed by atoms with van der Waals surface area (Å²) in [5, 5.41) is 3.36. The molecule has 0 radical (unpaired) electrons. The van der Waals surface area contributed by atoms with Crippen LogP contribution >= 0.6 is 0 Å². The van der Waals surface area contributed by atoms with Crippen molar-refractivity contribution >= 4 is 5.82 Å². The predicted octanol–water partition coefficient (Wildman–Crippen LogP) is 2.36. The van der Waals surface area contributed by atoms with Gasteiger partial charge in [0.25, 0.3) is 0 Å².